The van der Waals surface area contributed by atoms with Crippen LogP contribution in [0.25, 0.3) is 22.4 Å². The second kappa shape index (κ2) is 8.86. The number of rotatable bonds is 5. The maximum Gasteiger partial charge on any atom is 0.251 e. The monoisotopic (exact) mass is 441 g/mol. The number of nitrogen functional groups attached to an aromatic ring is 1. The van der Waals surface area contributed by atoms with Crippen LogP contribution in [0.3, 0.4) is 0 Å². The lowest BCUT2D eigenvalue weighted by Crippen LogP contribution is -2.30. The number of benzene rings is 1. The highest BCUT2D eigenvalue weighted by Gasteiger charge is 2.21. The molecular weight excluding hydrogens is 414 g/mol. The third-order valence-electron chi connectivity index (χ3n) is 6.01. The first-order valence-corrected chi connectivity index (χ1v) is 10.8. The normalized spacial score (nSPS) is 13.8. The van der Waals surface area contributed by atoms with Crippen LogP contribution in [-0.2, 0) is 11.8 Å². The molecule has 0 aliphatic heterocycles. The topological polar surface area (TPSA) is 103 Å². The van der Waals surface area contributed by atoms with E-state index in [4.69, 9.17) is 5.73 Å². The molecule has 0 bridgehead atoms. The van der Waals surface area contributed by atoms with Crippen molar-refractivity contribution < 1.29 is 9.59 Å². The number of aromatic nitrogens is 3. The number of hydrogen-bond acceptors (Lipinski definition) is 5. The van der Waals surface area contributed by atoms with Crippen molar-refractivity contribution in [1.82, 2.24) is 20.1 Å². The highest BCUT2D eigenvalue weighted by atomic mass is 16.2. The zero-order chi connectivity index (χ0) is 23.7. The Morgan fingerprint density at radius 3 is 2.58 bits per heavy atom. The molecule has 1 aliphatic rings. The Morgan fingerprint density at radius 2 is 1.94 bits per heavy atom. The molecule has 1 aromatic carbocycles. The van der Waals surface area contributed by atoms with Gasteiger partial charge in [0.2, 0.25) is 0 Å². The van der Waals surface area contributed by atoms with Gasteiger partial charge in [-0.3, -0.25) is 14.3 Å². The van der Waals surface area contributed by atoms with Crippen LogP contribution < -0.4 is 11.1 Å². The molecule has 168 valence electrons. The summed E-state index contributed by atoms with van der Waals surface area (Å²) in [6, 6.07) is 9.41. The van der Waals surface area contributed by atoms with E-state index in [1.807, 2.05) is 58.2 Å². The quantitative estimate of drug-likeness (QED) is 0.623. The van der Waals surface area contributed by atoms with E-state index in [9.17, 15) is 9.59 Å². The predicted octanol–water partition coefficient (Wildman–Crippen LogP) is 4.01. The molecule has 0 atom stereocenters. The maximum absolute atomic E-state index is 13.3. The molecule has 7 heteroatoms. The number of nitrogens with one attached hydrogen (secondary N) is 1. The zero-order valence-corrected chi connectivity index (χ0v) is 19.3. The van der Waals surface area contributed by atoms with Crippen molar-refractivity contribution >= 4 is 17.5 Å². The molecule has 3 aromatic rings. The number of Topliss-reactive ketones (excluding diaryl/α,β-unsaturated/α-hetero) is 1. The van der Waals surface area contributed by atoms with Gasteiger partial charge in [0.15, 0.2) is 5.78 Å². The highest BCUT2D eigenvalue weighted by Crippen LogP contribution is 2.32. The number of anilines is 1. The number of carbonyl (C=O) groups is 2. The summed E-state index contributed by atoms with van der Waals surface area (Å²) in [7, 11) is 1.87. The predicted molar refractivity (Wildman–Crippen MR) is 129 cm³/mol. The van der Waals surface area contributed by atoms with Gasteiger partial charge in [0.25, 0.3) is 5.91 Å². The molecular formula is C26H27N5O2. The van der Waals surface area contributed by atoms with Crippen molar-refractivity contribution in [3.8, 4) is 22.4 Å². The fourth-order valence-corrected chi connectivity index (χ4v) is 4.19. The molecule has 33 heavy (non-hydrogen) atoms. The molecule has 0 saturated heterocycles. The standard InChI is InChI=1S/C26H27N5O2/c1-15-9-16(2)22(24(32)10-15)14-29-26(33)21-12-19(18-5-6-25(27)28-13-18)11-20(17(21)3)23-7-8-30-31(23)4/h5-9,11-13H,10,14H2,1-4H3,(H2,27,28)(H,29,33). The summed E-state index contributed by atoms with van der Waals surface area (Å²) in [4.78, 5) is 30.0. The van der Waals surface area contributed by atoms with Crippen LogP contribution in [0.15, 0.2) is 65.5 Å². The third-order valence-corrected chi connectivity index (χ3v) is 6.01. The molecule has 1 amide bonds. The van der Waals surface area contributed by atoms with Gasteiger partial charge in [0.05, 0.1) is 5.69 Å². The van der Waals surface area contributed by atoms with Crippen LogP contribution in [0.1, 0.15) is 36.2 Å². The van der Waals surface area contributed by atoms with Gasteiger partial charge in [-0.1, -0.05) is 11.6 Å². The minimum atomic E-state index is -0.236. The molecule has 0 spiro atoms. The van der Waals surface area contributed by atoms with Gasteiger partial charge < -0.3 is 11.1 Å². The van der Waals surface area contributed by atoms with Crippen molar-refractivity contribution in [2.45, 2.75) is 27.2 Å². The molecule has 0 saturated carbocycles. The number of aryl methyl sites for hydroxylation is 1. The number of nitrogens with zero attached hydrogens (tertiary/aromatic N) is 3. The molecule has 4 rings (SSSR count). The number of hydrogen-bond donors (Lipinski definition) is 2. The van der Waals surface area contributed by atoms with Gasteiger partial charge in [0, 0.05) is 54.7 Å². The molecule has 0 fully saturated rings. The second-order valence-corrected chi connectivity index (χ2v) is 8.44. The number of allylic oxidation sites excluding steroid dienone is 3. The molecule has 2 aromatic heterocycles. The lowest BCUT2D eigenvalue weighted by atomic mass is 9.92. The fraction of sp³-hybridized carbons (Fsp3) is 0.231. The summed E-state index contributed by atoms with van der Waals surface area (Å²) >= 11 is 0. The summed E-state index contributed by atoms with van der Waals surface area (Å²) < 4.78 is 1.78. The van der Waals surface area contributed by atoms with E-state index in [2.05, 4.69) is 15.4 Å². The molecule has 0 unspecified atom stereocenters. The average molecular weight is 442 g/mol. The van der Waals surface area contributed by atoms with Gasteiger partial charge in [-0.25, -0.2) is 4.98 Å². The zero-order valence-electron chi connectivity index (χ0n) is 19.3. The van der Waals surface area contributed by atoms with Gasteiger partial charge >= 0.3 is 0 Å². The van der Waals surface area contributed by atoms with E-state index in [0.29, 0.717) is 23.4 Å². The molecule has 1 aliphatic carbocycles. The summed E-state index contributed by atoms with van der Waals surface area (Å²) in [5.41, 5.74) is 13.2. The Morgan fingerprint density at radius 1 is 1.15 bits per heavy atom. The van der Waals surface area contributed by atoms with Crippen molar-refractivity contribution in [2.75, 3.05) is 12.3 Å². The highest BCUT2D eigenvalue weighted by molar-refractivity contribution is 6.02. The Hall–Kier alpha value is -4.00. The number of nitrogens with two attached hydrogens (primary N) is 1. The average Bonchev–Trinajstić information content (AvgIpc) is 3.19. The summed E-state index contributed by atoms with van der Waals surface area (Å²) in [5.74, 6) is 0.253. The van der Waals surface area contributed by atoms with Crippen LogP contribution in [0, 0.1) is 6.92 Å². The van der Waals surface area contributed by atoms with Crippen LogP contribution in [0.2, 0.25) is 0 Å². The van der Waals surface area contributed by atoms with Crippen molar-refractivity contribution in [3.05, 3.63) is 76.6 Å². The number of pyridine rings is 1. The summed E-state index contributed by atoms with van der Waals surface area (Å²) in [5, 5.41) is 7.24. The largest absolute Gasteiger partial charge is 0.384 e. The Bertz CT molecular complexity index is 1310. The first kappa shape index (κ1) is 22.2. The second-order valence-electron chi connectivity index (χ2n) is 8.44. The lowest BCUT2D eigenvalue weighted by molar-refractivity contribution is -0.115. The minimum absolute atomic E-state index is 0.0572. The Labute approximate surface area is 193 Å². The van der Waals surface area contributed by atoms with Crippen molar-refractivity contribution in [1.29, 1.82) is 0 Å². The van der Waals surface area contributed by atoms with E-state index >= 15 is 0 Å². The van der Waals surface area contributed by atoms with Gasteiger partial charge in [0.1, 0.15) is 5.82 Å². The number of amides is 1. The maximum atomic E-state index is 13.3. The molecule has 7 nitrogen and oxygen atoms in total. The summed E-state index contributed by atoms with van der Waals surface area (Å²) in [6.45, 7) is 5.96. The molecule has 0 radical (unpaired) electrons. The van der Waals surface area contributed by atoms with E-state index in [1.165, 1.54) is 0 Å². The van der Waals surface area contributed by atoms with E-state index in [1.54, 1.807) is 23.1 Å². The summed E-state index contributed by atoms with van der Waals surface area (Å²) in [6.07, 6.45) is 5.82. The van der Waals surface area contributed by atoms with Crippen LogP contribution in [0.4, 0.5) is 5.82 Å². The first-order chi connectivity index (χ1) is 15.7. The van der Waals surface area contributed by atoms with E-state index in [0.717, 1.165) is 39.1 Å². The number of carbonyl (C=O) groups excluding carboxylic acids is 2. The fourth-order valence-electron chi connectivity index (χ4n) is 4.19. The number of ketones is 1. The van der Waals surface area contributed by atoms with Crippen molar-refractivity contribution in [3.63, 3.8) is 0 Å². The molecule has 3 N–H and O–H groups in total. The van der Waals surface area contributed by atoms with E-state index in [-0.39, 0.29) is 18.2 Å². The minimum Gasteiger partial charge on any atom is -0.384 e. The van der Waals surface area contributed by atoms with E-state index < -0.39 is 0 Å². The van der Waals surface area contributed by atoms with Crippen LogP contribution in [-0.4, -0.2) is 33.0 Å². The van der Waals surface area contributed by atoms with Gasteiger partial charge in [-0.15, -0.1) is 0 Å². The SMILES string of the molecule is CC1=CC(C)=C(CNC(=O)c2cc(-c3ccc(N)nc3)cc(-c3ccnn3C)c2C)C(=O)C1. The Kier molecular flexibility index (Phi) is 5.96. The lowest BCUT2D eigenvalue weighted by Gasteiger charge is -2.18. The van der Waals surface area contributed by atoms with Crippen LogP contribution >= 0.6 is 0 Å². The van der Waals surface area contributed by atoms with Gasteiger partial charge in [-0.05, 0) is 67.8 Å². The molecule has 2 heterocycles. The van der Waals surface area contributed by atoms with Gasteiger partial charge in [-0.2, -0.15) is 5.10 Å². The third kappa shape index (κ3) is 4.48. The first-order valence-electron chi connectivity index (χ1n) is 10.8. The van der Waals surface area contributed by atoms with Crippen LogP contribution in [0.5, 0.6) is 0 Å². The Balaban J connectivity index is 1.74. The van der Waals surface area contributed by atoms with Crippen molar-refractivity contribution in [2.24, 2.45) is 7.05 Å². The smallest absolute Gasteiger partial charge is 0.251 e.